The third-order valence-electron chi connectivity index (χ3n) is 2.97. The Balaban J connectivity index is 1.37. The van der Waals surface area contributed by atoms with Gasteiger partial charge in [-0.1, -0.05) is 29.1 Å². The third kappa shape index (κ3) is 3.52. The summed E-state index contributed by atoms with van der Waals surface area (Å²) < 4.78 is 5.26. The molecule has 23 heavy (non-hydrogen) atoms. The smallest absolute Gasteiger partial charge is 0.237 e. The van der Waals surface area contributed by atoms with Crippen molar-refractivity contribution >= 4 is 34.4 Å². The summed E-state index contributed by atoms with van der Waals surface area (Å²) in [5.41, 5.74) is 0. The third-order valence-corrected chi connectivity index (χ3v) is 5.54. The number of hydrogen-bond acceptors (Lipinski definition) is 8. The molecule has 0 radical (unpaired) electrons. The molecule has 0 fully saturated rings. The number of thioether (sulfide) groups is 1. The molecule has 0 saturated heterocycles. The van der Waals surface area contributed by atoms with E-state index in [9.17, 15) is 0 Å². The Labute approximate surface area is 144 Å². The molecule has 0 aliphatic carbocycles. The first-order chi connectivity index (χ1) is 11.4. The monoisotopic (exact) mass is 361 g/mol. The van der Waals surface area contributed by atoms with E-state index in [-0.39, 0.29) is 0 Å². The van der Waals surface area contributed by atoms with E-state index < -0.39 is 0 Å². The minimum absolute atomic E-state index is 0.550. The van der Waals surface area contributed by atoms with Crippen molar-refractivity contribution in [2.24, 2.45) is 0 Å². The van der Waals surface area contributed by atoms with E-state index in [0.29, 0.717) is 22.6 Å². The van der Waals surface area contributed by atoms with Crippen molar-refractivity contribution in [3.8, 4) is 10.7 Å². The summed E-state index contributed by atoms with van der Waals surface area (Å²) in [4.78, 5) is 11.1. The van der Waals surface area contributed by atoms with Crippen LogP contribution < -0.4 is 0 Å². The van der Waals surface area contributed by atoms with Crippen molar-refractivity contribution in [1.29, 1.82) is 0 Å². The fourth-order valence-electron chi connectivity index (χ4n) is 1.95. The summed E-state index contributed by atoms with van der Waals surface area (Å²) in [5, 5.41) is 15.9. The zero-order chi connectivity index (χ0) is 15.5. The Morgan fingerprint density at radius 2 is 2.04 bits per heavy atom. The first kappa shape index (κ1) is 14.6. The molecule has 1 N–H and O–H groups in total. The average molecular weight is 361 g/mol. The minimum Gasteiger partial charge on any atom is -0.338 e. The number of aromatic amines is 1. The second-order valence-electron chi connectivity index (χ2n) is 4.60. The predicted molar refractivity (Wildman–Crippen MR) is 90.7 cm³/mol. The van der Waals surface area contributed by atoms with Gasteiger partial charge in [0.05, 0.1) is 10.6 Å². The van der Waals surface area contributed by atoms with E-state index in [4.69, 9.17) is 4.52 Å². The van der Waals surface area contributed by atoms with Crippen LogP contribution in [0.1, 0.15) is 16.6 Å². The molecule has 6 nitrogen and oxygen atoms in total. The van der Waals surface area contributed by atoms with Crippen LogP contribution in [0, 0.1) is 0 Å². The molecule has 4 aromatic heterocycles. The van der Waals surface area contributed by atoms with Crippen LogP contribution in [-0.2, 0) is 12.2 Å². The van der Waals surface area contributed by atoms with E-state index in [1.807, 2.05) is 23.6 Å². The summed E-state index contributed by atoms with van der Waals surface area (Å²) in [6.07, 6.45) is 0.772. The molecule has 0 saturated carbocycles. The highest BCUT2D eigenvalue weighted by Gasteiger charge is 2.11. The van der Waals surface area contributed by atoms with E-state index >= 15 is 0 Å². The van der Waals surface area contributed by atoms with Gasteiger partial charge >= 0.3 is 0 Å². The fourth-order valence-corrected chi connectivity index (χ4v) is 3.96. The topological polar surface area (TPSA) is 80.5 Å². The van der Waals surface area contributed by atoms with Crippen molar-refractivity contribution in [3.05, 3.63) is 51.6 Å². The summed E-state index contributed by atoms with van der Waals surface area (Å²) in [5.74, 6) is 2.61. The van der Waals surface area contributed by atoms with E-state index in [0.717, 1.165) is 17.1 Å². The van der Waals surface area contributed by atoms with Crippen molar-refractivity contribution in [2.45, 2.75) is 17.3 Å². The van der Waals surface area contributed by atoms with Gasteiger partial charge in [0.2, 0.25) is 16.9 Å². The van der Waals surface area contributed by atoms with Gasteiger partial charge in [-0.05, 0) is 22.9 Å². The number of aromatic nitrogens is 5. The summed E-state index contributed by atoms with van der Waals surface area (Å²) >= 11 is 4.77. The zero-order valence-electron chi connectivity index (χ0n) is 11.8. The molecule has 4 rings (SSSR count). The normalized spacial score (nSPS) is 11.1. The van der Waals surface area contributed by atoms with Gasteiger partial charge in [-0.25, -0.2) is 4.98 Å². The summed E-state index contributed by atoms with van der Waals surface area (Å²) in [6, 6.07) is 8.06. The molecular formula is C14H11N5OS3. The van der Waals surface area contributed by atoms with Crippen LogP contribution >= 0.6 is 34.4 Å². The summed E-state index contributed by atoms with van der Waals surface area (Å²) in [6.45, 7) is 0. The first-order valence-electron chi connectivity index (χ1n) is 6.80. The predicted octanol–water partition coefficient (Wildman–Crippen LogP) is 3.86. The van der Waals surface area contributed by atoms with Gasteiger partial charge in [-0.3, -0.25) is 5.10 Å². The molecular weight excluding hydrogens is 350 g/mol. The maximum atomic E-state index is 5.26. The van der Waals surface area contributed by atoms with Gasteiger partial charge in [0.15, 0.2) is 0 Å². The second kappa shape index (κ2) is 6.65. The van der Waals surface area contributed by atoms with Crippen LogP contribution in [0.15, 0.2) is 44.7 Å². The molecule has 4 aromatic rings. The van der Waals surface area contributed by atoms with Crippen LogP contribution in [0.25, 0.3) is 10.7 Å². The number of nitrogens with one attached hydrogen (secondary N) is 1. The maximum Gasteiger partial charge on any atom is 0.237 e. The summed E-state index contributed by atoms with van der Waals surface area (Å²) in [7, 11) is 0. The lowest BCUT2D eigenvalue weighted by Gasteiger charge is -1.91. The molecule has 0 amide bonds. The Bertz CT molecular complexity index is 866. The number of H-pyrrole nitrogens is 1. The van der Waals surface area contributed by atoms with Crippen LogP contribution in [0.4, 0.5) is 0 Å². The fraction of sp³-hybridized carbons (Fsp3) is 0.143. The lowest BCUT2D eigenvalue weighted by molar-refractivity contribution is 0.391. The van der Waals surface area contributed by atoms with Crippen LogP contribution in [-0.4, -0.2) is 25.3 Å². The Morgan fingerprint density at radius 1 is 1.13 bits per heavy atom. The van der Waals surface area contributed by atoms with Gasteiger partial charge in [0.1, 0.15) is 5.82 Å². The molecule has 0 aliphatic rings. The van der Waals surface area contributed by atoms with Gasteiger partial charge in [0, 0.05) is 11.3 Å². The second-order valence-corrected chi connectivity index (χ2v) is 7.52. The lowest BCUT2D eigenvalue weighted by atomic mass is 10.3. The van der Waals surface area contributed by atoms with Gasteiger partial charge in [-0.15, -0.1) is 27.8 Å². The van der Waals surface area contributed by atoms with E-state index in [2.05, 4.69) is 36.8 Å². The molecule has 0 aliphatic heterocycles. The number of nitrogens with zero attached hydrogens (tertiary/aromatic N) is 4. The highest BCUT2D eigenvalue weighted by Crippen LogP contribution is 2.24. The zero-order valence-corrected chi connectivity index (χ0v) is 14.2. The molecule has 9 heteroatoms. The Kier molecular flexibility index (Phi) is 4.22. The first-order valence-corrected chi connectivity index (χ1v) is 9.54. The highest BCUT2D eigenvalue weighted by molar-refractivity contribution is 7.98. The van der Waals surface area contributed by atoms with Crippen molar-refractivity contribution < 1.29 is 4.52 Å². The van der Waals surface area contributed by atoms with Gasteiger partial charge in [-0.2, -0.15) is 4.98 Å². The van der Waals surface area contributed by atoms with Crippen LogP contribution in [0.2, 0.25) is 0 Å². The number of rotatable bonds is 6. The molecule has 4 heterocycles. The highest BCUT2D eigenvalue weighted by atomic mass is 32.2. The van der Waals surface area contributed by atoms with E-state index in [1.165, 1.54) is 16.6 Å². The van der Waals surface area contributed by atoms with Crippen LogP contribution in [0.3, 0.4) is 0 Å². The molecule has 0 spiro atoms. The molecule has 0 aromatic carbocycles. The van der Waals surface area contributed by atoms with Crippen molar-refractivity contribution in [1.82, 2.24) is 25.3 Å². The standard InChI is InChI=1S/C14H11N5OS3/c1-3-9(21-5-1)7-11-15-14(18-17-11)23-8-12-16-13(19-20-12)10-4-2-6-22-10/h1-6H,7-8H2,(H,15,17,18). The Hall–Kier alpha value is -1.97. The van der Waals surface area contributed by atoms with Gasteiger partial charge < -0.3 is 4.52 Å². The van der Waals surface area contributed by atoms with Crippen molar-refractivity contribution in [3.63, 3.8) is 0 Å². The minimum atomic E-state index is 0.550. The van der Waals surface area contributed by atoms with E-state index in [1.54, 1.807) is 22.7 Å². The molecule has 0 atom stereocenters. The molecule has 0 unspecified atom stereocenters. The molecule has 0 bridgehead atoms. The molecule has 116 valence electrons. The van der Waals surface area contributed by atoms with Crippen LogP contribution in [0.5, 0.6) is 0 Å². The van der Waals surface area contributed by atoms with Crippen molar-refractivity contribution in [2.75, 3.05) is 0 Å². The SMILES string of the molecule is c1csc(Cc2nc(SCc3nc(-c4cccs4)no3)n[nH]2)c1. The number of thiophene rings is 2. The Morgan fingerprint density at radius 3 is 2.87 bits per heavy atom. The average Bonchev–Trinajstić information content (AvgIpc) is 3.33. The lowest BCUT2D eigenvalue weighted by Crippen LogP contribution is -1.87. The van der Waals surface area contributed by atoms with Gasteiger partial charge in [0.25, 0.3) is 0 Å². The quantitative estimate of drug-likeness (QED) is 0.525. The maximum absolute atomic E-state index is 5.26. The largest absolute Gasteiger partial charge is 0.338 e. The number of hydrogen-bond donors (Lipinski definition) is 1.